The minimum Gasteiger partial charge on any atom is -0.485 e. The summed E-state index contributed by atoms with van der Waals surface area (Å²) in [6, 6.07) is 9.52. The second kappa shape index (κ2) is 3.85. The van der Waals surface area contributed by atoms with Crippen molar-refractivity contribution in [1.82, 2.24) is 10.1 Å². The first-order valence-corrected chi connectivity index (χ1v) is 5.56. The average molecular weight is 231 g/mol. The Bertz CT molecular complexity index is 505. The number of aromatic nitrogens is 2. The van der Waals surface area contributed by atoms with Gasteiger partial charge in [-0.3, -0.25) is 0 Å². The number of hydrogen-bond donors (Lipinski definition) is 1. The summed E-state index contributed by atoms with van der Waals surface area (Å²) in [6.07, 6.45) is 1.82. The second-order valence-corrected chi connectivity index (χ2v) is 4.27. The van der Waals surface area contributed by atoms with Crippen molar-refractivity contribution in [2.45, 2.75) is 25.0 Å². The normalized spacial score (nSPS) is 16.8. The monoisotopic (exact) mass is 231 g/mol. The van der Waals surface area contributed by atoms with Crippen LogP contribution in [0.25, 0.3) is 0 Å². The fraction of sp³-hybridized carbons (Fsp3) is 0.333. The molecule has 0 aliphatic heterocycles. The van der Waals surface area contributed by atoms with Crippen molar-refractivity contribution in [3.8, 4) is 5.75 Å². The zero-order chi connectivity index (χ0) is 11.7. The van der Waals surface area contributed by atoms with Crippen molar-refractivity contribution in [2.75, 3.05) is 0 Å². The lowest BCUT2D eigenvalue weighted by molar-refractivity contribution is 0.283. The standard InChI is InChI=1S/C12H13N3O2/c13-12(6-7-12)11-14-10(15-17-11)8-16-9-4-2-1-3-5-9/h1-5H,6-8,13H2. The summed E-state index contributed by atoms with van der Waals surface area (Å²) in [5.41, 5.74) is 5.57. The van der Waals surface area contributed by atoms with Crippen LogP contribution in [-0.4, -0.2) is 10.1 Å². The largest absolute Gasteiger partial charge is 0.485 e. The van der Waals surface area contributed by atoms with Crippen LogP contribution >= 0.6 is 0 Å². The van der Waals surface area contributed by atoms with Gasteiger partial charge in [0.15, 0.2) is 6.61 Å². The Balaban J connectivity index is 1.64. The quantitative estimate of drug-likeness (QED) is 0.865. The molecule has 3 rings (SSSR count). The van der Waals surface area contributed by atoms with E-state index in [4.69, 9.17) is 15.0 Å². The summed E-state index contributed by atoms with van der Waals surface area (Å²) in [5.74, 6) is 1.83. The van der Waals surface area contributed by atoms with Gasteiger partial charge in [0.2, 0.25) is 11.7 Å². The summed E-state index contributed by atoms with van der Waals surface area (Å²) in [5, 5.41) is 3.85. The highest BCUT2D eigenvalue weighted by Gasteiger charge is 2.45. The zero-order valence-corrected chi connectivity index (χ0v) is 9.30. The molecule has 1 fully saturated rings. The van der Waals surface area contributed by atoms with E-state index in [0.717, 1.165) is 18.6 Å². The van der Waals surface area contributed by atoms with Gasteiger partial charge in [0.05, 0.1) is 5.54 Å². The van der Waals surface area contributed by atoms with Crippen LogP contribution in [0.5, 0.6) is 5.75 Å². The lowest BCUT2D eigenvalue weighted by atomic mass is 10.3. The van der Waals surface area contributed by atoms with E-state index in [1.165, 1.54) is 0 Å². The fourth-order valence-corrected chi connectivity index (χ4v) is 1.53. The van der Waals surface area contributed by atoms with E-state index in [9.17, 15) is 0 Å². The van der Waals surface area contributed by atoms with Gasteiger partial charge in [-0.05, 0) is 25.0 Å². The Morgan fingerprint density at radius 2 is 2.06 bits per heavy atom. The van der Waals surface area contributed by atoms with E-state index < -0.39 is 0 Å². The molecule has 2 N–H and O–H groups in total. The van der Waals surface area contributed by atoms with Gasteiger partial charge in [0.25, 0.3) is 0 Å². The van der Waals surface area contributed by atoms with Crippen LogP contribution in [-0.2, 0) is 12.1 Å². The van der Waals surface area contributed by atoms with Crippen molar-refractivity contribution < 1.29 is 9.26 Å². The van der Waals surface area contributed by atoms with Crippen LogP contribution < -0.4 is 10.5 Å². The minimum atomic E-state index is -0.377. The Morgan fingerprint density at radius 3 is 2.76 bits per heavy atom. The van der Waals surface area contributed by atoms with E-state index in [1.54, 1.807) is 0 Å². The van der Waals surface area contributed by atoms with Crippen LogP contribution in [0, 0.1) is 0 Å². The first-order chi connectivity index (χ1) is 8.26. The van der Waals surface area contributed by atoms with Gasteiger partial charge >= 0.3 is 0 Å². The summed E-state index contributed by atoms with van der Waals surface area (Å²) < 4.78 is 10.6. The van der Waals surface area contributed by atoms with Gasteiger partial charge in [-0.1, -0.05) is 23.4 Å². The van der Waals surface area contributed by atoms with Crippen molar-refractivity contribution in [2.24, 2.45) is 5.73 Å². The number of nitrogens with zero attached hydrogens (tertiary/aromatic N) is 2. The molecule has 1 saturated carbocycles. The van der Waals surface area contributed by atoms with E-state index in [-0.39, 0.29) is 5.54 Å². The van der Waals surface area contributed by atoms with Gasteiger partial charge in [-0.2, -0.15) is 4.98 Å². The molecule has 0 atom stereocenters. The molecule has 1 aliphatic carbocycles. The molecule has 17 heavy (non-hydrogen) atoms. The molecule has 0 spiro atoms. The third-order valence-corrected chi connectivity index (χ3v) is 2.79. The summed E-state index contributed by atoms with van der Waals surface area (Å²) in [7, 11) is 0. The lowest BCUT2D eigenvalue weighted by Gasteiger charge is -2.01. The molecular weight excluding hydrogens is 218 g/mol. The van der Waals surface area contributed by atoms with Crippen molar-refractivity contribution in [1.29, 1.82) is 0 Å². The number of hydrogen-bond acceptors (Lipinski definition) is 5. The minimum absolute atomic E-state index is 0.295. The maximum atomic E-state index is 5.95. The molecule has 0 saturated heterocycles. The maximum absolute atomic E-state index is 5.95. The van der Waals surface area contributed by atoms with Crippen molar-refractivity contribution in [3.63, 3.8) is 0 Å². The maximum Gasteiger partial charge on any atom is 0.246 e. The Labute approximate surface area is 98.6 Å². The van der Waals surface area contributed by atoms with Crippen LogP contribution in [0.1, 0.15) is 24.6 Å². The predicted octanol–water partition coefficient (Wildman–Crippen LogP) is 1.60. The fourth-order valence-electron chi connectivity index (χ4n) is 1.53. The third kappa shape index (κ3) is 2.14. The number of para-hydroxylation sites is 1. The smallest absolute Gasteiger partial charge is 0.246 e. The molecule has 0 bridgehead atoms. The molecule has 1 aliphatic rings. The van der Waals surface area contributed by atoms with Crippen LogP contribution in [0.4, 0.5) is 0 Å². The van der Waals surface area contributed by atoms with Crippen LogP contribution in [0.3, 0.4) is 0 Å². The molecule has 88 valence electrons. The summed E-state index contributed by atoms with van der Waals surface area (Å²) >= 11 is 0. The van der Waals surface area contributed by atoms with Gasteiger partial charge in [0, 0.05) is 0 Å². The molecule has 2 aromatic rings. The van der Waals surface area contributed by atoms with Gasteiger partial charge < -0.3 is 15.0 Å². The molecular formula is C12H13N3O2. The Hall–Kier alpha value is -1.88. The second-order valence-electron chi connectivity index (χ2n) is 4.27. The lowest BCUT2D eigenvalue weighted by Crippen LogP contribution is -2.19. The zero-order valence-electron chi connectivity index (χ0n) is 9.30. The van der Waals surface area contributed by atoms with Crippen LogP contribution in [0.2, 0.25) is 0 Å². The first kappa shape index (κ1) is 10.3. The molecule has 0 amide bonds. The van der Waals surface area contributed by atoms with Crippen LogP contribution in [0.15, 0.2) is 34.9 Å². The Kier molecular flexibility index (Phi) is 2.33. The highest BCUT2D eigenvalue weighted by molar-refractivity contribution is 5.21. The van der Waals surface area contributed by atoms with Crippen molar-refractivity contribution in [3.05, 3.63) is 42.0 Å². The predicted molar refractivity (Wildman–Crippen MR) is 60.2 cm³/mol. The molecule has 1 aromatic heterocycles. The molecule has 1 aromatic carbocycles. The van der Waals surface area contributed by atoms with Crippen molar-refractivity contribution >= 4 is 0 Å². The van der Waals surface area contributed by atoms with Gasteiger partial charge in [0.1, 0.15) is 5.75 Å². The average Bonchev–Trinajstić information content (AvgIpc) is 2.94. The van der Waals surface area contributed by atoms with E-state index in [0.29, 0.717) is 18.3 Å². The number of rotatable bonds is 4. The van der Waals surface area contributed by atoms with E-state index in [1.807, 2.05) is 30.3 Å². The highest BCUT2D eigenvalue weighted by atomic mass is 16.5. The number of ether oxygens (including phenoxy) is 1. The van der Waals surface area contributed by atoms with E-state index in [2.05, 4.69) is 10.1 Å². The Morgan fingerprint density at radius 1 is 1.29 bits per heavy atom. The highest BCUT2D eigenvalue weighted by Crippen LogP contribution is 2.41. The third-order valence-electron chi connectivity index (χ3n) is 2.79. The molecule has 5 heteroatoms. The van der Waals surface area contributed by atoms with Gasteiger partial charge in [-0.15, -0.1) is 0 Å². The molecule has 0 radical (unpaired) electrons. The molecule has 5 nitrogen and oxygen atoms in total. The first-order valence-electron chi connectivity index (χ1n) is 5.56. The summed E-state index contributed by atoms with van der Waals surface area (Å²) in [4.78, 5) is 4.23. The molecule has 0 unspecified atom stereocenters. The number of nitrogens with two attached hydrogens (primary N) is 1. The van der Waals surface area contributed by atoms with Gasteiger partial charge in [-0.25, -0.2) is 0 Å². The molecule has 1 heterocycles. The number of benzene rings is 1. The van der Waals surface area contributed by atoms with E-state index >= 15 is 0 Å². The topological polar surface area (TPSA) is 74.2 Å². The summed E-state index contributed by atoms with van der Waals surface area (Å²) in [6.45, 7) is 0.295. The SMILES string of the molecule is NC1(c2nc(COc3ccccc3)no2)CC1.